The van der Waals surface area contributed by atoms with E-state index in [9.17, 15) is 8.42 Å². The Bertz CT molecular complexity index is 1200. The molecule has 0 aliphatic carbocycles. The van der Waals surface area contributed by atoms with Crippen LogP contribution >= 0.6 is 23.8 Å². The van der Waals surface area contributed by atoms with E-state index in [1.165, 1.54) is 19.2 Å². The summed E-state index contributed by atoms with van der Waals surface area (Å²) < 4.78 is 39.0. The van der Waals surface area contributed by atoms with E-state index in [0.29, 0.717) is 45.3 Å². The third-order valence-electron chi connectivity index (χ3n) is 4.26. The predicted molar refractivity (Wildman–Crippen MR) is 133 cm³/mol. The molecule has 0 spiro atoms. The number of halogens is 1. The molecule has 3 N–H and O–H groups in total. The van der Waals surface area contributed by atoms with Crippen molar-refractivity contribution >= 4 is 56.0 Å². The molecule has 3 rings (SSSR count). The fourth-order valence-electron chi connectivity index (χ4n) is 2.80. The van der Waals surface area contributed by atoms with Crippen LogP contribution in [0, 0.1) is 0 Å². The molecule has 0 aliphatic heterocycles. The third-order valence-corrected chi connectivity index (χ3v) is 6.10. The first-order valence-electron chi connectivity index (χ1n) is 9.58. The highest BCUT2D eigenvalue weighted by molar-refractivity contribution is 7.92. The van der Waals surface area contributed by atoms with E-state index < -0.39 is 10.0 Å². The van der Waals surface area contributed by atoms with E-state index in [1.807, 2.05) is 31.2 Å². The number of benzene rings is 3. The Labute approximate surface area is 197 Å². The number of rotatable bonds is 8. The van der Waals surface area contributed by atoms with Crippen molar-refractivity contribution in [3.05, 3.63) is 71.8 Å². The number of methoxy groups -OCH3 is 1. The van der Waals surface area contributed by atoms with Crippen molar-refractivity contribution in [1.82, 2.24) is 0 Å². The van der Waals surface area contributed by atoms with Gasteiger partial charge in [0.15, 0.2) is 5.11 Å². The SMILES string of the molecule is CCOc1ccccc1NC(=S)Nc1ccc(S(=O)(=O)Nc2ccc(Cl)cc2)cc1OC. The Morgan fingerprint density at radius 2 is 1.62 bits per heavy atom. The minimum atomic E-state index is -3.83. The number of hydrogen-bond donors (Lipinski definition) is 3. The highest BCUT2D eigenvalue weighted by Gasteiger charge is 2.17. The number of para-hydroxylation sites is 2. The minimum Gasteiger partial charge on any atom is -0.495 e. The number of ether oxygens (including phenoxy) is 2. The van der Waals surface area contributed by atoms with E-state index >= 15 is 0 Å². The van der Waals surface area contributed by atoms with Gasteiger partial charge >= 0.3 is 0 Å². The van der Waals surface area contributed by atoms with Gasteiger partial charge in [-0.2, -0.15) is 0 Å². The molecule has 3 aromatic rings. The fourth-order valence-corrected chi connectivity index (χ4v) is 4.22. The van der Waals surface area contributed by atoms with E-state index in [4.69, 9.17) is 33.3 Å². The summed E-state index contributed by atoms with van der Waals surface area (Å²) in [6.07, 6.45) is 0. The summed E-state index contributed by atoms with van der Waals surface area (Å²) in [4.78, 5) is 0.0374. The molecular formula is C22H22ClN3O4S2. The molecule has 0 bridgehead atoms. The number of sulfonamides is 1. The highest BCUT2D eigenvalue weighted by atomic mass is 35.5. The van der Waals surface area contributed by atoms with Gasteiger partial charge in [0.1, 0.15) is 11.5 Å². The fraction of sp³-hybridized carbons (Fsp3) is 0.136. The first-order valence-corrected chi connectivity index (χ1v) is 11.9. The third kappa shape index (κ3) is 6.03. The van der Waals surface area contributed by atoms with Crippen molar-refractivity contribution in [2.45, 2.75) is 11.8 Å². The van der Waals surface area contributed by atoms with E-state index in [-0.39, 0.29) is 4.90 Å². The van der Waals surface area contributed by atoms with E-state index in [1.54, 1.807) is 30.3 Å². The lowest BCUT2D eigenvalue weighted by Crippen LogP contribution is -2.20. The molecule has 0 saturated carbocycles. The van der Waals surface area contributed by atoms with Crippen LogP contribution in [0.1, 0.15) is 6.92 Å². The van der Waals surface area contributed by atoms with Crippen molar-refractivity contribution < 1.29 is 17.9 Å². The number of thiocarbonyl (C=S) groups is 1. The molecule has 32 heavy (non-hydrogen) atoms. The number of anilines is 3. The Hall–Kier alpha value is -3.01. The number of nitrogens with one attached hydrogen (secondary N) is 3. The largest absolute Gasteiger partial charge is 0.495 e. The second-order valence-electron chi connectivity index (χ2n) is 6.48. The summed E-state index contributed by atoms with van der Waals surface area (Å²) in [5, 5.41) is 6.91. The second kappa shape index (κ2) is 10.5. The Morgan fingerprint density at radius 3 is 2.28 bits per heavy atom. The topological polar surface area (TPSA) is 88.7 Å². The number of hydrogen-bond acceptors (Lipinski definition) is 5. The summed E-state index contributed by atoms with van der Waals surface area (Å²) in [5.74, 6) is 0.979. The van der Waals surface area contributed by atoms with Crippen LogP contribution in [0.15, 0.2) is 71.6 Å². The normalized spacial score (nSPS) is 10.8. The maximum Gasteiger partial charge on any atom is 0.262 e. The molecule has 0 saturated heterocycles. The van der Waals surface area contributed by atoms with Gasteiger partial charge < -0.3 is 20.1 Å². The Balaban J connectivity index is 1.76. The van der Waals surface area contributed by atoms with Crippen LogP contribution in [0.3, 0.4) is 0 Å². The van der Waals surface area contributed by atoms with Crippen LogP contribution in [0.5, 0.6) is 11.5 Å². The van der Waals surface area contributed by atoms with Crippen LogP contribution in [0.25, 0.3) is 0 Å². The van der Waals surface area contributed by atoms with Gasteiger partial charge in [-0.05, 0) is 67.7 Å². The molecule has 0 amide bonds. The molecular weight excluding hydrogens is 470 g/mol. The average Bonchev–Trinajstić information content (AvgIpc) is 2.77. The van der Waals surface area contributed by atoms with Crippen molar-refractivity contribution in [3.63, 3.8) is 0 Å². The Kier molecular flexibility index (Phi) is 7.79. The maximum atomic E-state index is 12.8. The van der Waals surface area contributed by atoms with Gasteiger partial charge in [0.25, 0.3) is 10.0 Å². The van der Waals surface area contributed by atoms with Crippen molar-refractivity contribution in [1.29, 1.82) is 0 Å². The summed E-state index contributed by atoms with van der Waals surface area (Å²) in [5.41, 5.74) is 1.61. The zero-order valence-electron chi connectivity index (χ0n) is 17.4. The molecule has 7 nitrogen and oxygen atoms in total. The van der Waals surface area contributed by atoms with Crippen LogP contribution in [0.4, 0.5) is 17.1 Å². The lowest BCUT2D eigenvalue weighted by Gasteiger charge is -2.16. The lowest BCUT2D eigenvalue weighted by atomic mass is 10.3. The molecule has 3 aromatic carbocycles. The van der Waals surface area contributed by atoms with Gasteiger partial charge in [-0.15, -0.1) is 0 Å². The second-order valence-corrected chi connectivity index (χ2v) is 9.01. The van der Waals surface area contributed by atoms with Crippen molar-refractivity contribution in [2.75, 3.05) is 29.1 Å². The molecule has 0 fully saturated rings. The minimum absolute atomic E-state index is 0.0374. The molecule has 0 unspecified atom stereocenters. The van der Waals surface area contributed by atoms with E-state index in [0.717, 1.165) is 0 Å². The van der Waals surface area contributed by atoms with Gasteiger partial charge in [-0.3, -0.25) is 4.72 Å². The summed E-state index contributed by atoms with van der Waals surface area (Å²) >= 11 is 11.2. The first kappa shape index (κ1) is 23.6. The summed E-state index contributed by atoms with van der Waals surface area (Å²) in [6, 6.07) is 18.2. The van der Waals surface area contributed by atoms with Gasteiger partial charge in [-0.1, -0.05) is 23.7 Å². The van der Waals surface area contributed by atoms with Gasteiger partial charge in [0.05, 0.1) is 30.0 Å². The zero-order valence-corrected chi connectivity index (χ0v) is 19.8. The molecule has 0 heterocycles. The van der Waals surface area contributed by atoms with Gasteiger partial charge in [0, 0.05) is 16.8 Å². The monoisotopic (exact) mass is 491 g/mol. The summed E-state index contributed by atoms with van der Waals surface area (Å²) in [7, 11) is -2.38. The maximum absolute atomic E-state index is 12.8. The van der Waals surface area contributed by atoms with Crippen LogP contribution in [0.2, 0.25) is 5.02 Å². The lowest BCUT2D eigenvalue weighted by molar-refractivity contribution is 0.342. The smallest absolute Gasteiger partial charge is 0.262 e. The molecule has 0 aliphatic rings. The van der Waals surface area contributed by atoms with Gasteiger partial charge in [-0.25, -0.2) is 8.42 Å². The van der Waals surface area contributed by atoms with Gasteiger partial charge in [0.2, 0.25) is 0 Å². The predicted octanol–water partition coefficient (Wildman–Crippen LogP) is 5.36. The quantitative estimate of drug-likeness (QED) is 0.366. The van der Waals surface area contributed by atoms with Crippen LogP contribution in [-0.4, -0.2) is 27.2 Å². The standard InChI is InChI=1S/C22H22ClN3O4S2/c1-3-30-20-7-5-4-6-18(20)24-22(31)25-19-13-12-17(14-21(19)29-2)32(27,28)26-16-10-8-15(23)9-11-16/h4-14,26H,3H2,1-2H3,(H2,24,25,31). The molecule has 10 heteroatoms. The Morgan fingerprint density at radius 1 is 0.969 bits per heavy atom. The molecule has 0 aromatic heterocycles. The van der Waals surface area contributed by atoms with Crippen LogP contribution in [-0.2, 0) is 10.0 Å². The average molecular weight is 492 g/mol. The first-order chi connectivity index (χ1) is 15.3. The molecule has 168 valence electrons. The highest BCUT2D eigenvalue weighted by Crippen LogP contribution is 2.30. The van der Waals surface area contributed by atoms with E-state index in [2.05, 4.69) is 15.4 Å². The van der Waals surface area contributed by atoms with Crippen molar-refractivity contribution in [2.24, 2.45) is 0 Å². The van der Waals surface area contributed by atoms with Crippen LogP contribution < -0.4 is 24.8 Å². The summed E-state index contributed by atoms with van der Waals surface area (Å²) in [6.45, 7) is 2.42. The zero-order chi connectivity index (χ0) is 23.1. The molecule has 0 atom stereocenters. The molecule has 0 radical (unpaired) electrons. The van der Waals surface area contributed by atoms with Crippen molar-refractivity contribution in [3.8, 4) is 11.5 Å².